The molecule has 1 aliphatic heterocycles. The third-order valence-electron chi connectivity index (χ3n) is 5.28. The number of fused-ring (bicyclic) bond motifs is 1. The quantitative estimate of drug-likeness (QED) is 0.741. The summed E-state index contributed by atoms with van der Waals surface area (Å²) in [5, 5.41) is 10.7. The minimum atomic E-state index is -0.0738. The van der Waals surface area contributed by atoms with Crippen LogP contribution in [0.3, 0.4) is 0 Å². The van der Waals surface area contributed by atoms with Crippen molar-refractivity contribution >= 4 is 16.6 Å². The number of aliphatic hydroxyl groups excluding tert-OH is 1. The molecule has 1 fully saturated rings. The summed E-state index contributed by atoms with van der Waals surface area (Å²) in [5.74, 6) is 0.946. The molecule has 1 aromatic carbocycles. The zero-order valence-electron chi connectivity index (χ0n) is 15.5. The Hall–Kier alpha value is -2.70. The van der Waals surface area contributed by atoms with Crippen LogP contribution in [-0.2, 0) is 0 Å². The lowest BCUT2D eigenvalue weighted by Gasteiger charge is -2.35. The van der Waals surface area contributed by atoms with E-state index in [1.165, 1.54) is 0 Å². The van der Waals surface area contributed by atoms with E-state index >= 15 is 0 Å². The number of pyridine rings is 2. The topological polar surface area (TPSA) is 72.5 Å². The van der Waals surface area contributed by atoms with E-state index in [0.29, 0.717) is 5.39 Å². The Morgan fingerprint density at radius 3 is 2.63 bits per heavy atom. The lowest BCUT2D eigenvalue weighted by molar-refractivity contribution is 0.188. The van der Waals surface area contributed by atoms with E-state index < -0.39 is 0 Å². The maximum absolute atomic E-state index is 12.4. The standard InChI is InChI=1S/C21H24N4O2/c1-15-3-2-4-17-18(15)13-19(23-21(17)27)16-5-6-20(22-14-16)25-9-7-24(8-10-25)11-12-26/h2-6,13-14,26H,7-12H2,1H3,(H,23,27). The molecule has 0 saturated carbocycles. The first-order chi connectivity index (χ1) is 13.2. The average Bonchev–Trinajstić information content (AvgIpc) is 2.70. The Balaban J connectivity index is 1.57. The van der Waals surface area contributed by atoms with Gasteiger partial charge in [0.05, 0.1) is 12.3 Å². The fourth-order valence-electron chi connectivity index (χ4n) is 3.67. The molecule has 0 aliphatic carbocycles. The van der Waals surface area contributed by atoms with Gasteiger partial charge in [-0.15, -0.1) is 0 Å². The number of aliphatic hydroxyl groups is 1. The van der Waals surface area contributed by atoms with Crippen molar-refractivity contribution in [3.05, 3.63) is 58.5 Å². The van der Waals surface area contributed by atoms with Crippen LogP contribution in [0.5, 0.6) is 0 Å². The second-order valence-electron chi connectivity index (χ2n) is 7.01. The van der Waals surface area contributed by atoms with Crippen molar-refractivity contribution in [2.75, 3.05) is 44.2 Å². The van der Waals surface area contributed by atoms with E-state index in [9.17, 15) is 4.79 Å². The number of benzene rings is 1. The summed E-state index contributed by atoms with van der Waals surface area (Å²) in [6.45, 7) is 6.62. The molecule has 4 rings (SSSR count). The van der Waals surface area contributed by atoms with Crippen molar-refractivity contribution < 1.29 is 5.11 Å². The number of hydrogen-bond donors (Lipinski definition) is 2. The molecule has 3 heterocycles. The van der Waals surface area contributed by atoms with Gasteiger partial charge < -0.3 is 15.0 Å². The van der Waals surface area contributed by atoms with Crippen LogP contribution in [0.2, 0.25) is 0 Å². The van der Waals surface area contributed by atoms with E-state index in [2.05, 4.69) is 19.8 Å². The number of aromatic amines is 1. The molecule has 0 amide bonds. The number of hydrogen-bond acceptors (Lipinski definition) is 5. The summed E-state index contributed by atoms with van der Waals surface area (Å²) in [6, 6.07) is 11.8. The maximum atomic E-state index is 12.4. The molecule has 27 heavy (non-hydrogen) atoms. The second kappa shape index (κ2) is 7.50. The molecule has 2 N–H and O–H groups in total. The summed E-state index contributed by atoms with van der Waals surface area (Å²) in [6.07, 6.45) is 1.82. The third-order valence-corrected chi connectivity index (χ3v) is 5.28. The predicted octanol–water partition coefficient (Wildman–Crippen LogP) is 2.01. The molecule has 3 aromatic rings. The molecule has 6 nitrogen and oxygen atoms in total. The van der Waals surface area contributed by atoms with Crippen LogP contribution in [0, 0.1) is 6.92 Å². The van der Waals surface area contributed by atoms with Crippen LogP contribution >= 0.6 is 0 Å². The van der Waals surface area contributed by atoms with Gasteiger partial charge in [0.25, 0.3) is 5.56 Å². The second-order valence-corrected chi connectivity index (χ2v) is 7.01. The highest BCUT2D eigenvalue weighted by molar-refractivity contribution is 5.87. The molecule has 1 aliphatic rings. The predicted molar refractivity (Wildman–Crippen MR) is 108 cm³/mol. The SMILES string of the molecule is Cc1cccc2c(=O)[nH]c(-c3ccc(N4CCN(CCO)CC4)nc3)cc12. The Bertz CT molecular complexity index is 989. The molecule has 0 bridgehead atoms. The number of anilines is 1. The summed E-state index contributed by atoms with van der Waals surface area (Å²) in [4.78, 5) is 24.5. The van der Waals surface area contributed by atoms with Crippen LogP contribution in [0.25, 0.3) is 22.0 Å². The fourth-order valence-corrected chi connectivity index (χ4v) is 3.67. The molecular formula is C21H24N4O2. The zero-order chi connectivity index (χ0) is 18.8. The Labute approximate surface area is 158 Å². The van der Waals surface area contributed by atoms with Crippen LogP contribution in [0.4, 0.5) is 5.82 Å². The van der Waals surface area contributed by atoms with Gasteiger partial charge in [-0.3, -0.25) is 9.69 Å². The number of piperazine rings is 1. The first kappa shape index (κ1) is 17.7. The minimum absolute atomic E-state index is 0.0738. The molecule has 0 spiro atoms. The van der Waals surface area contributed by atoms with Gasteiger partial charge in [0, 0.05) is 49.9 Å². The van der Waals surface area contributed by atoms with Gasteiger partial charge in [-0.25, -0.2) is 4.98 Å². The summed E-state index contributed by atoms with van der Waals surface area (Å²) in [5.41, 5.74) is 2.70. The highest BCUT2D eigenvalue weighted by Crippen LogP contribution is 2.23. The van der Waals surface area contributed by atoms with Crippen molar-refractivity contribution in [1.29, 1.82) is 0 Å². The van der Waals surface area contributed by atoms with Gasteiger partial charge in [0.15, 0.2) is 0 Å². The number of aromatic nitrogens is 2. The molecule has 1 saturated heterocycles. The van der Waals surface area contributed by atoms with E-state index in [-0.39, 0.29) is 12.2 Å². The maximum Gasteiger partial charge on any atom is 0.256 e. The number of rotatable bonds is 4. The van der Waals surface area contributed by atoms with Crippen LogP contribution in [0.15, 0.2) is 47.4 Å². The van der Waals surface area contributed by atoms with Crippen molar-refractivity contribution in [1.82, 2.24) is 14.9 Å². The minimum Gasteiger partial charge on any atom is -0.395 e. The molecule has 6 heteroatoms. The zero-order valence-corrected chi connectivity index (χ0v) is 15.5. The molecule has 140 valence electrons. The van der Waals surface area contributed by atoms with Gasteiger partial charge in [-0.1, -0.05) is 12.1 Å². The Kier molecular flexibility index (Phi) is 4.92. The monoisotopic (exact) mass is 364 g/mol. The molecule has 2 aromatic heterocycles. The third kappa shape index (κ3) is 3.59. The molecule has 0 unspecified atom stereocenters. The summed E-state index contributed by atoms with van der Waals surface area (Å²) >= 11 is 0. The number of β-amino-alcohol motifs (C(OH)–C–C–N with tert-alkyl or cyclic N) is 1. The van der Waals surface area contributed by atoms with E-state index in [0.717, 1.165) is 60.7 Å². The van der Waals surface area contributed by atoms with Crippen LogP contribution in [0.1, 0.15) is 5.56 Å². The molecule has 0 atom stereocenters. The summed E-state index contributed by atoms with van der Waals surface area (Å²) < 4.78 is 0. The van der Waals surface area contributed by atoms with Crippen molar-refractivity contribution in [2.45, 2.75) is 6.92 Å². The normalized spacial score (nSPS) is 15.4. The van der Waals surface area contributed by atoms with Gasteiger partial charge in [-0.05, 0) is 42.1 Å². The number of H-pyrrole nitrogens is 1. The van der Waals surface area contributed by atoms with E-state index in [4.69, 9.17) is 5.11 Å². The fraction of sp³-hybridized carbons (Fsp3) is 0.333. The highest BCUT2D eigenvalue weighted by Gasteiger charge is 2.17. The van der Waals surface area contributed by atoms with Gasteiger partial charge >= 0.3 is 0 Å². The first-order valence-electron chi connectivity index (χ1n) is 9.33. The highest BCUT2D eigenvalue weighted by atomic mass is 16.3. The smallest absolute Gasteiger partial charge is 0.256 e. The van der Waals surface area contributed by atoms with Crippen LogP contribution < -0.4 is 10.5 Å². The number of nitrogens with zero attached hydrogens (tertiary/aromatic N) is 3. The van der Waals surface area contributed by atoms with Gasteiger partial charge in [0.1, 0.15) is 5.82 Å². The molecular weight excluding hydrogens is 340 g/mol. The van der Waals surface area contributed by atoms with Crippen molar-refractivity contribution in [2.24, 2.45) is 0 Å². The average molecular weight is 364 g/mol. The Morgan fingerprint density at radius 1 is 1.11 bits per heavy atom. The van der Waals surface area contributed by atoms with Crippen molar-refractivity contribution in [3.63, 3.8) is 0 Å². The van der Waals surface area contributed by atoms with Gasteiger partial charge in [0.2, 0.25) is 0 Å². The number of nitrogens with one attached hydrogen (secondary N) is 1. The van der Waals surface area contributed by atoms with E-state index in [1.54, 1.807) is 0 Å². The lowest BCUT2D eigenvalue weighted by atomic mass is 10.0. The molecule has 0 radical (unpaired) electrons. The largest absolute Gasteiger partial charge is 0.395 e. The first-order valence-corrected chi connectivity index (χ1v) is 9.33. The van der Waals surface area contributed by atoms with Crippen molar-refractivity contribution in [3.8, 4) is 11.3 Å². The number of aryl methyl sites for hydroxylation is 1. The van der Waals surface area contributed by atoms with Gasteiger partial charge in [-0.2, -0.15) is 0 Å². The summed E-state index contributed by atoms with van der Waals surface area (Å²) in [7, 11) is 0. The van der Waals surface area contributed by atoms with Crippen LogP contribution in [-0.4, -0.2) is 59.3 Å². The van der Waals surface area contributed by atoms with E-state index in [1.807, 2.05) is 49.5 Å². The lowest BCUT2D eigenvalue weighted by Crippen LogP contribution is -2.47. The Morgan fingerprint density at radius 2 is 1.93 bits per heavy atom.